The van der Waals surface area contributed by atoms with Crippen LogP contribution in [0.4, 0.5) is 13.2 Å². The summed E-state index contributed by atoms with van der Waals surface area (Å²) >= 11 is 0. The Morgan fingerprint density at radius 3 is 2.42 bits per heavy atom. The molecule has 8 nitrogen and oxygen atoms in total. The third-order valence-corrected chi connectivity index (χ3v) is 5.27. The molecule has 36 heavy (non-hydrogen) atoms. The van der Waals surface area contributed by atoms with Gasteiger partial charge in [0.2, 0.25) is 5.95 Å². The molecule has 8 N–H and O–H groups in total. The van der Waals surface area contributed by atoms with Gasteiger partial charge in [0.05, 0.1) is 12.7 Å². The average Bonchev–Trinajstić information content (AvgIpc) is 3.29. The van der Waals surface area contributed by atoms with E-state index >= 15 is 0 Å². The average molecular weight is 507 g/mol. The lowest BCUT2D eigenvalue weighted by Gasteiger charge is -2.22. The number of likely N-dealkylation sites (tertiary alicyclic amines) is 1. The third-order valence-electron chi connectivity index (χ3n) is 5.27. The Hall–Kier alpha value is -3.25. The molecule has 11 heteroatoms. The number of likely N-dealkylation sites (N-methyl/N-ethyl adjacent to an activating group) is 1. The molecule has 0 aliphatic carbocycles. The number of aromatic nitrogens is 1. The molecule has 1 aliphatic heterocycles. The maximum Gasteiger partial charge on any atom is 0.295 e. The first-order valence-corrected chi connectivity index (χ1v) is 11.4. The molecule has 1 fully saturated rings. The Labute approximate surface area is 211 Å². The van der Waals surface area contributed by atoms with Crippen molar-refractivity contribution in [3.8, 4) is 0 Å². The van der Waals surface area contributed by atoms with E-state index in [0.29, 0.717) is 11.1 Å². The molecule has 1 aromatic heterocycles. The summed E-state index contributed by atoms with van der Waals surface area (Å²) in [5.41, 5.74) is 13.1. The molecule has 1 atom stereocenters. The molecule has 0 amide bonds. The monoisotopic (exact) mass is 506 g/mol. The van der Waals surface area contributed by atoms with Crippen molar-refractivity contribution in [2.24, 2.45) is 17.3 Å². The van der Waals surface area contributed by atoms with Gasteiger partial charge in [0.15, 0.2) is 5.84 Å². The lowest BCUT2D eigenvalue weighted by molar-refractivity contribution is 0.202. The van der Waals surface area contributed by atoms with Crippen LogP contribution in [0.3, 0.4) is 0 Å². The second-order valence-electron chi connectivity index (χ2n) is 8.04. The molecule has 0 saturated carbocycles. The van der Waals surface area contributed by atoms with Gasteiger partial charge in [-0.1, -0.05) is 49.1 Å². The van der Waals surface area contributed by atoms with Gasteiger partial charge >= 0.3 is 0 Å². The van der Waals surface area contributed by atoms with Gasteiger partial charge in [-0.15, -0.1) is 6.58 Å². The largest absolute Gasteiger partial charge is 0.383 e. The van der Waals surface area contributed by atoms with E-state index in [1.54, 1.807) is 6.07 Å². The molecule has 2 heterocycles. The lowest BCUT2D eigenvalue weighted by Crippen LogP contribution is -2.40. The molecule has 2 aromatic rings. The zero-order valence-electron chi connectivity index (χ0n) is 20.6. The van der Waals surface area contributed by atoms with Gasteiger partial charge in [-0.05, 0) is 38.1 Å². The van der Waals surface area contributed by atoms with Crippen LogP contribution < -0.4 is 22.6 Å². The molecular weight excluding hydrogens is 469 g/mol. The molecule has 1 aromatic carbocycles. The van der Waals surface area contributed by atoms with E-state index in [2.05, 4.69) is 59.7 Å². The Morgan fingerprint density at radius 1 is 1.28 bits per heavy atom. The van der Waals surface area contributed by atoms with E-state index in [4.69, 9.17) is 22.7 Å². The number of nitrogens with two attached hydrogens (primary N) is 3. The number of rotatable bonds is 8. The van der Waals surface area contributed by atoms with Crippen LogP contribution in [-0.4, -0.2) is 53.3 Å². The molecule has 198 valence electrons. The maximum absolute atomic E-state index is 12.6. The van der Waals surface area contributed by atoms with E-state index in [1.165, 1.54) is 43.3 Å². The SMILES string of the molecule is C=C(NCc1ccccc1)C1CCCN1C.C=CCN(N)C(=N)C(F)F.NC(N)c1cccnc1F. The number of nitrogens with zero attached hydrogens (tertiary/aromatic N) is 3. The fourth-order valence-electron chi connectivity index (χ4n) is 3.29. The Morgan fingerprint density at radius 2 is 1.94 bits per heavy atom. The molecule has 1 saturated heterocycles. The number of benzene rings is 1. The fraction of sp³-hybridized carbons (Fsp3) is 0.360. The quantitative estimate of drug-likeness (QED) is 0.0707. The zero-order valence-corrected chi connectivity index (χ0v) is 20.6. The van der Waals surface area contributed by atoms with Crippen molar-refractivity contribution in [3.05, 3.63) is 90.7 Å². The zero-order chi connectivity index (χ0) is 27.1. The topological polar surface area (TPSA) is 133 Å². The van der Waals surface area contributed by atoms with Crippen LogP contribution in [-0.2, 0) is 6.54 Å². The van der Waals surface area contributed by atoms with Crippen LogP contribution in [0.15, 0.2) is 73.6 Å². The van der Waals surface area contributed by atoms with Gasteiger partial charge < -0.3 is 16.8 Å². The fourth-order valence-corrected chi connectivity index (χ4v) is 3.29. The molecule has 0 spiro atoms. The van der Waals surface area contributed by atoms with Gasteiger partial charge in [-0.2, -0.15) is 4.39 Å². The lowest BCUT2D eigenvalue weighted by atomic mass is 10.1. The van der Waals surface area contributed by atoms with Crippen molar-refractivity contribution < 1.29 is 13.2 Å². The van der Waals surface area contributed by atoms with Crippen molar-refractivity contribution >= 4 is 5.84 Å². The van der Waals surface area contributed by atoms with Gasteiger partial charge in [0.25, 0.3) is 6.43 Å². The summed E-state index contributed by atoms with van der Waals surface area (Å²) in [4.78, 5) is 5.75. The number of halogens is 3. The summed E-state index contributed by atoms with van der Waals surface area (Å²) in [6.07, 6.45) is 1.61. The number of nitrogens with one attached hydrogen (secondary N) is 2. The standard InChI is InChI=1S/C14H20N2.C6H8FN3.C5H9F2N3/c1-12(14-9-6-10-16(14)2)15-11-13-7-4-3-5-8-13;7-5-4(6(8)9)2-1-3-10-5;1-2-3-10(9)5(8)4(6)7/h3-5,7-8,14-15H,1,6,9-11H2,2H3;1-3,6H,8-9H2;2,4,8H,1,3,9H2. The minimum absolute atomic E-state index is 0.0587. The number of alkyl halides is 2. The third kappa shape index (κ3) is 11.0. The summed E-state index contributed by atoms with van der Waals surface area (Å²) in [5.74, 6) is 3.50. The Balaban J connectivity index is 0.000000285. The molecule has 1 unspecified atom stereocenters. The van der Waals surface area contributed by atoms with Crippen LogP contribution in [0.1, 0.15) is 30.1 Å². The maximum atomic E-state index is 12.6. The highest BCUT2D eigenvalue weighted by Gasteiger charge is 2.23. The molecule has 1 aliphatic rings. The highest BCUT2D eigenvalue weighted by Crippen LogP contribution is 2.19. The highest BCUT2D eigenvalue weighted by molar-refractivity contribution is 5.81. The van der Waals surface area contributed by atoms with Crippen molar-refractivity contribution in [3.63, 3.8) is 0 Å². The van der Waals surface area contributed by atoms with Crippen molar-refractivity contribution in [1.29, 1.82) is 5.41 Å². The minimum Gasteiger partial charge on any atom is -0.383 e. The van der Waals surface area contributed by atoms with Crippen molar-refractivity contribution in [2.75, 3.05) is 20.1 Å². The number of hydrogen-bond donors (Lipinski definition) is 5. The van der Waals surface area contributed by atoms with Crippen LogP contribution in [0.2, 0.25) is 0 Å². The van der Waals surface area contributed by atoms with E-state index < -0.39 is 24.4 Å². The number of amidine groups is 1. The Kier molecular flexibility index (Phi) is 14.0. The number of hydrazine groups is 1. The van der Waals surface area contributed by atoms with Gasteiger partial charge in [0.1, 0.15) is 0 Å². The van der Waals surface area contributed by atoms with Crippen molar-refractivity contribution in [2.45, 2.75) is 38.0 Å². The van der Waals surface area contributed by atoms with E-state index in [9.17, 15) is 13.2 Å². The van der Waals surface area contributed by atoms with Crippen LogP contribution in [0, 0.1) is 11.4 Å². The molecule has 0 bridgehead atoms. The molecule has 0 radical (unpaired) electrons. The second-order valence-corrected chi connectivity index (χ2v) is 8.04. The number of hydrogen-bond acceptors (Lipinski definition) is 7. The van der Waals surface area contributed by atoms with E-state index in [-0.39, 0.29) is 12.1 Å². The van der Waals surface area contributed by atoms with Crippen molar-refractivity contribution in [1.82, 2.24) is 20.2 Å². The number of pyridine rings is 1. The molecular formula is C25H37F3N8. The summed E-state index contributed by atoms with van der Waals surface area (Å²) in [7, 11) is 2.17. The predicted molar refractivity (Wildman–Crippen MR) is 138 cm³/mol. The van der Waals surface area contributed by atoms with Crippen LogP contribution in [0.25, 0.3) is 0 Å². The first kappa shape index (κ1) is 30.8. The smallest absolute Gasteiger partial charge is 0.295 e. The van der Waals surface area contributed by atoms with E-state index in [1.807, 2.05) is 6.07 Å². The van der Waals surface area contributed by atoms with Crippen LogP contribution in [0.5, 0.6) is 0 Å². The summed E-state index contributed by atoms with van der Waals surface area (Å²) in [6, 6.07) is 14.1. The van der Waals surface area contributed by atoms with E-state index in [0.717, 1.165) is 12.2 Å². The second kappa shape index (κ2) is 16.4. The Bertz CT molecular complexity index is 940. The van der Waals surface area contributed by atoms with Gasteiger partial charge in [-0.3, -0.25) is 15.3 Å². The van der Waals surface area contributed by atoms with Crippen LogP contribution >= 0.6 is 0 Å². The van der Waals surface area contributed by atoms with Gasteiger partial charge in [-0.25, -0.2) is 19.6 Å². The predicted octanol–water partition coefficient (Wildman–Crippen LogP) is 3.11. The first-order valence-electron chi connectivity index (χ1n) is 11.4. The molecule has 3 rings (SSSR count). The normalized spacial score (nSPS) is 14.9. The summed E-state index contributed by atoms with van der Waals surface area (Å²) < 4.78 is 35.8. The summed E-state index contributed by atoms with van der Waals surface area (Å²) in [5, 5.41) is 10.7. The highest BCUT2D eigenvalue weighted by atomic mass is 19.3. The van der Waals surface area contributed by atoms with Gasteiger partial charge in [0, 0.05) is 30.0 Å². The first-order chi connectivity index (χ1) is 17.1. The summed E-state index contributed by atoms with van der Waals surface area (Å²) in [6.45, 7) is 9.56. The minimum atomic E-state index is -2.81.